The first-order chi connectivity index (χ1) is 11.0. The number of carbonyl (C=O) groups excluding carboxylic acids is 2. The van der Waals surface area contributed by atoms with Crippen LogP contribution in [0, 0.1) is 35.5 Å². The third kappa shape index (κ3) is 8.06. The Morgan fingerprint density at radius 3 is 1.12 bits per heavy atom. The van der Waals surface area contributed by atoms with E-state index in [-0.39, 0.29) is 23.8 Å². The molecule has 0 amide bonds. The van der Waals surface area contributed by atoms with Gasteiger partial charge in [-0.2, -0.15) is 0 Å². The highest BCUT2D eigenvalue weighted by Crippen LogP contribution is 2.19. The molecule has 0 unspecified atom stereocenters. The van der Waals surface area contributed by atoms with Gasteiger partial charge in [0.05, 0.1) is 11.8 Å². The minimum atomic E-state index is -0.519. The van der Waals surface area contributed by atoms with Gasteiger partial charge < -0.3 is 9.47 Å². The molecule has 132 valence electrons. The van der Waals surface area contributed by atoms with Crippen molar-refractivity contribution in [3.05, 3.63) is 0 Å². The van der Waals surface area contributed by atoms with Crippen LogP contribution in [0.2, 0.25) is 0 Å². The zero-order valence-electron chi connectivity index (χ0n) is 15.6. The van der Waals surface area contributed by atoms with Gasteiger partial charge in [-0.25, -0.2) is 0 Å². The van der Waals surface area contributed by atoms with E-state index in [1.807, 2.05) is 41.5 Å². The molecule has 0 N–H and O–H groups in total. The predicted octanol–water partition coefficient (Wildman–Crippen LogP) is 3.48. The molecule has 0 bridgehead atoms. The molecule has 1 aliphatic rings. The van der Waals surface area contributed by atoms with E-state index >= 15 is 0 Å². The summed E-state index contributed by atoms with van der Waals surface area (Å²) in [6.07, 6.45) is 1.57. The molecule has 0 aromatic carbocycles. The average molecular weight is 332 g/mol. The molecule has 0 atom stereocenters. The molecule has 0 spiro atoms. The monoisotopic (exact) mass is 332 g/mol. The van der Waals surface area contributed by atoms with Crippen LogP contribution in [0.25, 0.3) is 0 Å². The smallest absolute Gasteiger partial charge is 0.311 e. The SMILES string of the molecule is CC(C)(C)OC(=O)C1CC#CCC(C(=O)OC(C)(C)C)CC#CC1. The van der Waals surface area contributed by atoms with Crippen LogP contribution in [0.1, 0.15) is 67.2 Å². The second-order valence-corrected chi connectivity index (χ2v) is 7.98. The minimum Gasteiger partial charge on any atom is -0.460 e. The van der Waals surface area contributed by atoms with Crippen molar-refractivity contribution < 1.29 is 19.1 Å². The Hall–Kier alpha value is -1.94. The maximum atomic E-state index is 12.2. The van der Waals surface area contributed by atoms with Gasteiger partial charge >= 0.3 is 11.9 Å². The summed E-state index contributed by atoms with van der Waals surface area (Å²) in [4.78, 5) is 24.3. The van der Waals surface area contributed by atoms with Gasteiger partial charge in [0.1, 0.15) is 11.2 Å². The summed E-state index contributed by atoms with van der Waals surface area (Å²) in [6.45, 7) is 11.0. The highest BCUT2D eigenvalue weighted by molar-refractivity contribution is 5.74. The minimum absolute atomic E-state index is 0.268. The number of ether oxygens (including phenoxy) is 2. The maximum Gasteiger partial charge on any atom is 0.311 e. The fourth-order valence-electron chi connectivity index (χ4n) is 2.03. The first-order valence-corrected chi connectivity index (χ1v) is 8.35. The number of hydrogen-bond acceptors (Lipinski definition) is 4. The number of carbonyl (C=O) groups is 2. The predicted molar refractivity (Wildman–Crippen MR) is 92.7 cm³/mol. The Balaban J connectivity index is 2.72. The number of hydrogen-bond donors (Lipinski definition) is 0. The fraction of sp³-hybridized carbons (Fsp3) is 0.700. The van der Waals surface area contributed by atoms with Crippen molar-refractivity contribution >= 4 is 11.9 Å². The van der Waals surface area contributed by atoms with Crippen LogP contribution in [0.5, 0.6) is 0 Å². The number of rotatable bonds is 2. The molecule has 0 saturated heterocycles. The van der Waals surface area contributed by atoms with Crippen molar-refractivity contribution in [2.45, 2.75) is 78.4 Å². The molecular formula is C20H28O4. The maximum absolute atomic E-state index is 12.2. The van der Waals surface area contributed by atoms with Crippen LogP contribution < -0.4 is 0 Å². The quantitative estimate of drug-likeness (QED) is 0.574. The first-order valence-electron chi connectivity index (χ1n) is 8.35. The van der Waals surface area contributed by atoms with Gasteiger partial charge in [0, 0.05) is 25.7 Å². The van der Waals surface area contributed by atoms with E-state index in [9.17, 15) is 9.59 Å². The molecule has 1 aliphatic carbocycles. The third-order valence-electron chi connectivity index (χ3n) is 3.12. The van der Waals surface area contributed by atoms with E-state index in [4.69, 9.17) is 9.47 Å². The van der Waals surface area contributed by atoms with Crippen LogP contribution in [-0.2, 0) is 19.1 Å². The van der Waals surface area contributed by atoms with Crippen molar-refractivity contribution in [2.75, 3.05) is 0 Å². The summed E-state index contributed by atoms with van der Waals surface area (Å²) in [5.41, 5.74) is -1.04. The van der Waals surface area contributed by atoms with Crippen LogP contribution in [0.15, 0.2) is 0 Å². The van der Waals surface area contributed by atoms with Gasteiger partial charge in [0.2, 0.25) is 0 Å². The van der Waals surface area contributed by atoms with Crippen LogP contribution in [0.3, 0.4) is 0 Å². The lowest BCUT2D eigenvalue weighted by Crippen LogP contribution is -2.29. The van der Waals surface area contributed by atoms with Gasteiger partial charge in [0.25, 0.3) is 0 Å². The molecule has 4 nitrogen and oxygen atoms in total. The topological polar surface area (TPSA) is 52.6 Å². The Bertz CT molecular complexity index is 508. The second kappa shape index (κ2) is 8.25. The average Bonchev–Trinajstić information content (AvgIpc) is 2.40. The molecule has 1 rings (SSSR count). The Morgan fingerprint density at radius 1 is 0.667 bits per heavy atom. The molecule has 4 heteroatoms. The molecule has 0 fully saturated rings. The molecule has 0 saturated carbocycles. The summed E-state index contributed by atoms with van der Waals surface area (Å²) < 4.78 is 10.8. The molecule has 0 aromatic heterocycles. The largest absolute Gasteiger partial charge is 0.460 e. The van der Waals surface area contributed by atoms with Crippen LogP contribution >= 0.6 is 0 Å². The summed E-state index contributed by atoms with van der Waals surface area (Å²) in [5, 5.41) is 0. The van der Waals surface area contributed by atoms with E-state index in [0.717, 1.165) is 0 Å². The summed E-state index contributed by atoms with van der Waals surface area (Å²) in [5.74, 6) is 10.7. The fourth-order valence-corrected chi connectivity index (χ4v) is 2.03. The molecule has 0 aromatic rings. The molecule has 0 aliphatic heterocycles. The molecule has 0 radical (unpaired) electrons. The summed E-state index contributed by atoms with van der Waals surface area (Å²) in [6, 6.07) is 0. The molecular weight excluding hydrogens is 304 g/mol. The number of esters is 2. The lowest BCUT2D eigenvalue weighted by molar-refractivity contribution is -0.160. The molecule has 24 heavy (non-hydrogen) atoms. The third-order valence-corrected chi connectivity index (χ3v) is 3.12. The Morgan fingerprint density at radius 2 is 0.917 bits per heavy atom. The van der Waals surface area contributed by atoms with Crippen molar-refractivity contribution in [1.29, 1.82) is 0 Å². The van der Waals surface area contributed by atoms with E-state index < -0.39 is 11.2 Å². The summed E-state index contributed by atoms with van der Waals surface area (Å²) >= 11 is 0. The van der Waals surface area contributed by atoms with Gasteiger partial charge in [-0.05, 0) is 41.5 Å². The van der Waals surface area contributed by atoms with E-state index in [1.165, 1.54) is 0 Å². The van der Waals surface area contributed by atoms with Crippen molar-refractivity contribution in [2.24, 2.45) is 11.8 Å². The summed E-state index contributed by atoms with van der Waals surface area (Å²) in [7, 11) is 0. The zero-order chi connectivity index (χ0) is 18.4. The van der Waals surface area contributed by atoms with Crippen LogP contribution in [0.4, 0.5) is 0 Å². The standard InChI is InChI=1S/C20H28O4/c1-19(2,3)23-17(21)15-11-7-9-13-16(14-10-8-12-15)18(22)24-20(4,5)6/h15-16H,11-14H2,1-6H3. The lowest BCUT2D eigenvalue weighted by Gasteiger charge is -2.23. The van der Waals surface area contributed by atoms with Gasteiger partial charge in [-0.3, -0.25) is 9.59 Å². The highest BCUT2D eigenvalue weighted by atomic mass is 16.6. The lowest BCUT2D eigenvalue weighted by atomic mass is 9.97. The Kier molecular flexibility index (Phi) is 6.91. The molecule has 0 heterocycles. The van der Waals surface area contributed by atoms with Crippen molar-refractivity contribution in [3.63, 3.8) is 0 Å². The van der Waals surface area contributed by atoms with E-state index in [1.54, 1.807) is 0 Å². The normalized spacial score (nSPS) is 21.4. The van der Waals surface area contributed by atoms with Crippen molar-refractivity contribution in [3.8, 4) is 23.7 Å². The van der Waals surface area contributed by atoms with E-state index in [0.29, 0.717) is 25.7 Å². The zero-order valence-corrected chi connectivity index (χ0v) is 15.6. The highest BCUT2D eigenvalue weighted by Gasteiger charge is 2.26. The van der Waals surface area contributed by atoms with E-state index in [2.05, 4.69) is 23.7 Å². The second-order valence-electron chi connectivity index (χ2n) is 7.98. The first kappa shape index (κ1) is 20.1. The van der Waals surface area contributed by atoms with Gasteiger partial charge in [-0.1, -0.05) is 0 Å². The van der Waals surface area contributed by atoms with Gasteiger partial charge in [0.15, 0.2) is 0 Å². The Labute approximate surface area is 145 Å². The van der Waals surface area contributed by atoms with Gasteiger partial charge in [-0.15, -0.1) is 23.7 Å². The van der Waals surface area contributed by atoms with Crippen LogP contribution in [-0.4, -0.2) is 23.1 Å². The van der Waals surface area contributed by atoms with Crippen molar-refractivity contribution in [1.82, 2.24) is 0 Å².